The minimum absolute atomic E-state index is 0.157. The van der Waals surface area contributed by atoms with Crippen molar-refractivity contribution in [2.75, 3.05) is 7.11 Å². The van der Waals surface area contributed by atoms with Crippen molar-refractivity contribution in [2.45, 2.75) is 51.6 Å². The van der Waals surface area contributed by atoms with Gasteiger partial charge in [-0.25, -0.2) is 0 Å². The van der Waals surface area contributed by atoms with Crippen LogP contribution in [0.5, 0.6) is 0 Å². The van der Waals surface area contributed by atoms with Gasteiger partial charge in [0.25, 0.3) is 0 Å². The Balaban J connectivity index is 2.12. The lowest BCUT2D eigenvalue weighted by molar-refractivity contribution is -0.142. The van der Waals surface area contributed by atoms with Crippen molar-refractivity contribution in [1.29, 1.82) is 0 Å². The van der Waals surface area contributed by atoms with Crippen LogP contribution in [0.2, 0.25) is 0 Å². The highest BCUT2D eigenvalue weighted by atomic mass is 16.5. The predicted molar refractivity (Wildman–Crippen MR) is 98.7 cm³/mol. The molecule has 1 aliphatic rings. The molecule has 1 aliphatic carbocycles. The Morgan fingerprint density at radius 2 is 2.00 bits per heavy atom. The number of carbonyl (C=O) groups is 2. The first-order chi connectivity index (χ1) is 12.2. The zero-order valence-corrected chi connectivity index (χ0v) is 15.3. The summed E-state index contributed by atoms with van der Waals surface area (Å²) in [6.07, 6.45) is 9.57. The molecule has 0 aliphatic heterocycles. The summed E-state index contributed by atoms with van der Waals surface area (Å²) in [6.45, 7) is 2.73. The summed E-state index contributed by atoms with van der Waals surface area (Å²) in [6, 6.07) is 10.2. The number of amides is 1. The van der Waals surface area contributed by atoms with Crippen LogP contribution in [0.25, 0.3) is 0 Å². The summed E-state index contributed by atoms with van der Waals surface area (Å²) < 4.78 is 4.86. The normalized spacial score (nSPS) is 22.9. The van der Waals surface area contributed by atoms with Crippen LogP contribution in [-0.2, 0) is 20.9 Å². The summed E-state index contributed by atoms with van der Waals surface area (Å²) in [5.41, 5.74) is 1.13. The van der Waals surface area contributed by atoms with Crippen LogP contribution in [0.1, 0.15) is 44.6 Å². The SMILES string of the molecule is CC/C=C/CC1C(CC(=O)OC)CCC1N(C=O)Cc1ccccc1. The molecule has 25 heavy (non-hydrogen) atoms. The van der Waals surface area contributed by atoms with Crippen LogP contribution in [0.4, 0.5) is 0 Å². The Kier molecular flexibility index (Phi) is 7.71. The van der Waals surface area contributed by atoms with Gasteiger partial charge in [-0.15, -0.1) is 0 Å². The molecule has 0 spiro atoms. The largest absolute Gasteiger partial charge is 0.469 e. The third-order valence-electron chi connectivity index (χ3n) is 5.17. The van der Waals surface area contributed by atoms with E-state index in [-0.39, 0.29) is 17.9 Å². The number of nitrogens with zero attached hydrogens (tertiary/aromatic N) is 1. The van der Waals surface area contributed by atoms with Gasteiger partial charge in [0.2, 0.25) is 6.41 Å². The second-order valence-electron chi connectivity index (χ2n) is 6.73. The van der Waals surface area contributed by atoms with E-state index in [4.69, 9.17) is 4.74 Å². The minimum Gasteiger partial charge on any atom is -0.469 e. The molecule has 1 saturated carbocycles. The first-order valence-corrected chi connectivity index (χ1v) is 9.16. The maximum Gasteiger partial charge on any atom is 0.305 e. The molecule has 1 aromatic carbocycles. The summed E-state index contributed by atoms with van der Waals surface area (Å²) in [4.78, 5) is 25.4. The highest BCUT2D eigenvalue weighted by Gasteiger charge is 2.39. The van der Waals surface area contributed by atoms with Crippen LogP contribution in [0.3, 0.4) is 0 Å². The second-order valence-corrected chi connectivity index (χ2v) is 6.73. The zero-order valence-electron chi connectivity index (χ0n) is 15.3. The molecule has 0 bridgehead atoms. The number of ether oxygens (including phenoxy) is 1. The molecule has 136 valence electrons. The van der Waals surface area contributed by atoms with Gasteiger partial charge in [-0.05, 0) is 43.1 Å². The van der Waals surface area contributed by atoms with Gasteiger partial charge in [-0.3, -0.25) is 9.59 Å². The van der Waals surface area contributed by atoms with Gasteiger partial charge in [-0.2, -0.15) is 0 Å². The average Bonchev–Trinajstić information content (AvgIpc) is 3.03. The van der Waals surface area contributed by atoms with Crippen LogP contribution < -0.4 is 0 Å². The number of methoxy groups -OCH3 is 1. The Bertz CT molecular complexity index is 570. The Labute approximate surface area is 150 Å². The standard InChI is InChI=1S/C21H29NO3/c1-3-4-6-11-19-18(14-21(24)25-2)12-13-20(19)22(16-23)15-17-9-7-5-8-10-17/h4-10,16,18-20H,3,11-15H2,1-2H3/b6-4+. The monoisotopic (exact) mass is 343 g/mol. The molecule has 3 atom stereocenters. The minimum atomic E-state index is -0.157. The van der Waals surface area contributed by atoms with Gasteiger partial charge in [0.05, 0.1) is 7.11 Å². The van der Waals surface area contributed by atoms with E-state index in [1.165, 1.54) is 7.11 Å². The van der Waals surface area contributed by atoms with E-state index in [1.807, 2.05) is 35.2 Å². The Hall–Kier alpha value is -2.10. The molecule has 0 saturated heterocycles. The Morgan fingerprint density at radius 3 is 2.64 bits per heavy atom. The fourth-order valence-corrected chi connectivity index (χ4v) is 3.89. The number of benzene rings is 1. The predicted octanol–water partition coefficient (Wildman–Crippen LogP) is 3.96. The topological polar surface area (TPSA) is 46.6 Å². The number of hydrogen-bond donors (Lipinski definition) is 0. The molecular formula is C21H29NO3. The lowest BCUT2D eigenvalue weighted by Gasteiger charge is -2.31. The van der Waals surface area contributed by atoms with Crippen molar-refractivity contribution >= 4 is 12.4 Å². The maximum absolute atomic E-state index is 11.8. The van der Waals surface area contributed by atoms with Crippen molar-refractivity contribution in [2.24, 2.45) is 11.8 Å². The molecule has 4 nitrogen and oxygen atoms in total. The molecule has 4 heteroatoms. The van der Waals surface area contributed by atoms with E-state index in [9.17, 15) is 9.59 Å². The number of carbonyl (C=O) groups excluding carboxylic acids is 2. The quantitative estimate of drug-likeness (QED) is 0.387. The molecule has 1 fully saturated rings. The van der Waals surface area contributed by atoms with Crippen LogP contribution in [0.15, 0.2) is 42.5 Å². The van der Waals surface area contributed by atoms with E-state index in [1.54, 1.807) is 0 Å². The summed E-state index contributed by atoms with van der Waals surface area (Å²) in [7, 11) is 1.44. The van der Waals surface area contributed by atoms with E-state index in [0.29, 0.717) is 18.9 Å². The van der Waals surface area contributed by atoms with Gasteiger partial charge in [-0.1, -0.05) is 49.4 Å². The summed E-state index contributed by atoms with van der Waals surface area (Å²) in [5.74, 6) is 0.420. The molecule has 0 N–H and O–H groups in total. The van der Waals surface area contributed by atoms with E-state index in [0.717, 1.165) is 37.7 Å². The third-order valence-corrected chi connectivity index (χ3v) is 5.17. The van der Waals surface area contributed by atoms with Crippen molar-refractivity contribution < 1.29 is 14.3 Å². The smallest absolute Gasteiger partial charge is 0.305 e. The second kappa shape index (κ2) is 10.0. The highest BCUT2D eigenvalue weighted by molar-refractivity contribution is 5.69. The average molecular weight is 343 g/mol. The van der Waals surface area contributed by atoms with E-state index in [2.05, 4.69) is 19.1 Å². The van der Waals surface area contributed by atoms with Gasteiger partial charge >= 0.3 is 5.97 Å². The van der Waals surface area contributed by atoms with E-state index < -0.39 is 0 Å². The number of esters is 1. The van der Waals surface area contributed by atoms with Crippen molar-refractivity contribution in [3.8, 4) is 0 Å². The molecule has 0 radical (unpaired) electrons. The fraction of sp³-hybridized carbons (Fsp3) is 0.524. The molecule has 3 unspecified atom stereocenters. The zero-order chi connectivity index (χ0) is 18.1. The summed E-state index contributed by atoms with van der Waals surface area (Å²) in [5, 5.41) is 0. The van der Waals surface area contributed by atoms with E-state index >= 15 is 0 Å². The number of rotatable bonds is 9. The van der Waals surface area contributed by atoms with Gasteiger partial charge in [0, 0.05) is 19.0 Å². The molecular weight excluding hydrogens is 314 g/mol. The third kappa shape index (κ3) is 5.45. The first-order valence-electron chi connectivity index (χ1n) is 9.16. The molecule has 1 aromatic rings. The van der Waals surface area contributed by atoms with Crippen molar-refractivity contribution in [3.63, 3.8) is 0 Å². The molecule has 1 amide bonds. The number of allylic oxidation sites excluding steroid dienone is 2. The van der Waals surface area contributed by atoms with Gasteiger partial charge in [0.1, 0.15) is 0 Å². The van der Waals surface area contributed by atoms with Crippen LogP contribution in [-0.4, -0.2) is 30.4 Å². The lowest BCUT2D eigenvalue weighted by Crippen LogP contribution is -2.38. The first kappa shape index (κ1) is 19.2. The van der Waals surface area contributed by atoms with Crippen molar-refractivity contribution in [3.05, 3.63) is 48.0 Å². The van der Waals surface area contributed by atoms with Crippen LogP contribution in [0, 0.1) is 11.8 Å². The fourth-order valence-electron chi connectivity index (χ4n) is 3.89. The summed E-state index contributed by atoms with van der Waals surface area (Å²) >= 11 is 0. The van der Waals surface area contributed by atoms with Gasteiger partial charge < -0.3 is 9.64 Å². The van der Waals surface area contributed by atoms with Gasteiger partial charge in [0.15, 0.2) is 0 Å². The van der Waals surface area contributed by atoms with Crippen molar-refractivity contribution in [1.82, 2.24) is 4.90 Å². The maximum atomic E-state index is 11.8. The Morgan fingerprint density at radius 1 is 1.24 bits per heavy atom. The highest BCUT2D eigenvalue weighted by Crippen LogP contribution is 2.40. The molecule has 2 rings (SSSR count). The van der Waals surface area contributed by atoms with Crippen LogP contribution >= 0.6 is 0 Å². The molecule has 0 heterocycles. The molecule has 0 aromatic heterocycles. The lowest BCUT2D eigenvalue weighted by atomic mass is 9.87. The number of hydrogen-bond acceptors (Lipinski definition) is 3.